The van der Waals surface area contributed by atoms with Crippen molar-refractivity contribution in [2.75, 3.05) is 19.8 Å². The van der Waals surface area contributed by atoms with E-state index in [2.05, 4.69) is 5.32 Å². The number of carboxylic acid groups (broad SMARTS) is 1. The van der Waals surface area contributed by atoms with Crippen molar-refractivity contribution in [1.29, 1.82) is 0 Å². The fraction of sp³-hybridized carbons (Fsp3) is 0.600. The van der Waals surface area contributed by atoms with Crippen LogP contribution in [0.3, 0.4) is 0 Å². The molecule has 0 aliphatic carbocycles. The van der Waals surface area contributed by atoms with Crippen molar-refractivity contribution in [2.45, 2.75) is 38.8 Å². The molecule has 2 rings (SSSR count). The lowest BCUT2D eigenvalue weighted by atomic mass is 10.2. The van der Waals surface area contributed by atoms with E-state index in [9.17, 15) is 9.59 Å². The van der Waals surface area contributed by atoms with Gasteiger partial charge in [0, 0.05) is 25.1 Å². The Morgan fingerprint density at radius 2 is 2.32 bits per heavy atom. The molecule has 0 spiro atoms. The second-order valence-electron chi connectivity index (χ2n) is 5.30. The second kappa shape index (κ2) is 7.42. The number of amides is 1. The Bertz CT molecular complexity index is 532. The molecule has 1 aliphatic heterocycles. The molecule has 7 nitrogen and oxygen atoms in total. The van der Waals surface area contributed by atoms with Crippen molar-refractivity contribution in [3.05, 3.63) is 23.2 Å². The number of furan rings is 1. The number of aromatic carboxylic acids is 1. The topological polar surface area (TPSA) is 98.0 Å². The summed E-state index contributed by atoms with van der Waals surface area (Å²) in [6, 6.07) is 1.05. The van der Waals surface area contributed by atoms with Gasteiger partial charge in [-0.2, -0.15) is 0 Å². The van der Waals surface area contributed by atoms with E-state index < -0.39 is 11.9 Å². The van der Waals surface area contributed by atoms with Gasteiger partial charge in [0.15, 0.2) is 5.76 Å². The Kier molecular flexibility index (Phi) is 5.57. The Morgan fingerprint density at radius 3 is 2.86 bits per heavy atom. The number of nitrogens with one attached hydrogen (secondary N) is 1. The molecule has 122 valence electrons. The molecular weight excluding hydrogens is 290 g/mol. The molecule has 1 aromatic rings. The number of ether oxygens (including phenoxy) is 2. The van der Waals surface area contributed by atoms with Gasteiger partial charge in [0.2, 0.25) is 0 Å². The van der Waals surface area contributed by atoms with Crippen molar-refractivity contribution < 1.29 is 28.6 Å². The van der Waals surface area contributed by atoms with Crippen molar-refractivity contribution >= 4 is 11.9 Å². The maximum absolute atomic E-state index is 12.1. The summed E-state index contributed by atoms with van der Waals surface area (Å²) in [4.78, 5) is 23.1. The van der Waals surface area contributed by atoms with Crippen LogP contribution in [0.4, 0.5) is 0 Å². The van der Waals surface area contributed by atoms with E-state index in [4.69, 9.17) is 19.0 Å². The van der Waals surface area contributed by atoms with Crippen molar-refractivity contribution in [3.63, 3.8) is 0 Å². The molecule has 2 N–H and O–H groups in total. The Labute approximate surface area is 128 Å². The van der Waals surface area contributed by atoms with Gasteiger partial charge in [-0.25, -0.2) is 4.79 Å². The van der Waals surface area contributed by atoms with Crippen LogP contribution in [-0.2, 0) is 15.9 Å². The fourth-order valence-corrected chi connectivity index (χ4v) is 2.25. The molecule has 22 heavy (non-hydrogen) atoms. The predicted molar refractivity (Wildman–Crippen MR) is 77.1 cm³/mol. The van der Waals surface area contributed by atoms with Crippen LogP contribution < -0.4 is 5.32 Å². The Balaban J connectivity index is 1.89. The first-order valence-corrected chi connectivity index (χ1v) is 7.37. The van der Waals surface area contributed by atoms with Gasteiger partial charge in [-0.1, -0.05) is 6.92 Å². The van der Waals surface area contributed by atoms with E-state index in [0.717, 1.165) is 6.42 Å². The third-order valence-electron chi connectivity index (χ3n) is 3.43. The number of rotatable bonds is 7. The highest BCUT2D eigenvalue weighted by Gasteiger charge is 2.22. The van der Waals surface area contributed by atoms with Crippen LogP contribution in [0.25, 0.3) is 0 Å². The van der Waals surface area contributed by atoms with Gasteiger partial charge in [-0.05, 0) is 13.3 Å². The molecule has 0 bridgehead atoms. The zero-order valence-corrected chi connectivity index (χ0v) is 12.8. The highest BCUT2D eigenvalue weighted by atomic mass is 16.5. The summed E-state index contributed by atoms with van der Waals surface area (Å²) in [6.45, 7) is 5.24. The lowest BCUT2D eigenvalue weighted by Gasteiger charge is -2.16. The van der Waals surface area contributed by atoms with Crippen LogP contribution in [0.2, 0.25) is 0 Å². The standard InChI is InChI=1S/C15H21NO6/c1-3-12-11(15(18)19)6-13(22-12)14(17)16-9(2)7-21-10-4-5-20-8-10/h6,9-10H,3-5,7-8H2,1-2H3,(H,16,17)(H,18,19). The average Bonchev–Trinajstić information content (AvgIpc) is 3.14. The van der Waals surface area contributed by atoms with Gasteiger partial charge in [-0.15, -0.1) is 0 Å². The van der Waals surface area contributed by atoms with Gasteiger partial charge >= 0.3 is 5.97 Å². The monoisotopic (exact) mass is 311 g/mol. The molecule has 2 heterocycles. The number of hydrogen-bond donors (Lipinski definition) is 2. The van der Waals surface area contributed by atoms with Crippen LogP contribution in [-0.4, -0.2) is 48.9 Å². The van der Waals surface area contributed by atoms with Gasteiger partial charge < -0.3 is 24.3 Å². The minimum Gasteiger partial charge on any atom is -0.478 e. The third-order valence-corrected chi connectivity index (χ3v) is 3.43. The van der Waals surface area contributed by atoms with Crippen LogP contribution >= 0.6 is 0 Å². The Morgan fingerprint density at radius 1 is 1.55 bits per heavy atom. The van der Waals surface area contributed by atoms with E-state index in [0.29, 0.717) is 32.0 Å². The molecule has 1 amide bonds. The highest BCUT2D eigenvalue weighted by molar-refractivity contribution is 5.96. The summed E-state index contributed by atoms with van der Waals surface area (Å²) in [5.41, 5.74) is 0.0275. The summed E-state index contributed by atoms with van der Waals surface area (Å²) >= 11 is 0. The minimum atomic E-state index is -1.10. The normalized spacial score (nSPS) is 19.1. The molecule has 0 aromatic carbocycles. The first-order valence-electron chi connectivity index (χ1n) is 7.37. The lowest BCUT2D eigenvalue weighted by Crippen LogP contribution is -2.37. The van der Waals surface area contributed by atoms with E-state index in [-0.39, 0.29) is 23.5 Å². The number of hydrogen-bond acceptors (Lipinski definition) is 5. The molecule has 1 fully saturated rings. The minimum absolute atomic E-state index is 0.00491. The number of carbonyl (C=O) groups is 2. The van der Waals surface area contributed by atoms with E-state index in [1.54, 1.807) is 6.92 Å². The second-order valence-corrected chi connectivity index (χ2v) is 5.30. The summed E-state index contributed by atoms with van der Waals surface area (Å²) in [6.07, 6.45) is 1.35. The molecule has 7 heteroatoms. The van der Waals surface area contributed by atoms with Crippen molar-refractivity contribution in [1.82, 2.24) is 5.32 Å². The fourth-order valence-electron chi connectivity index (χ4n) is 2.25. The quantitative estimate of drug-likeness (QED) is 0.791. The first kappa shape index (κ1) is 16.5. The molecule has 1 aliphatic rings. The third kappa shape index (κ3) is 4.08. The molecule has 0 radical (unpaired) electrons. The summed E-state index contributed by atoms with van der Waals surface area (Å²) in [7, 11) is 0. The molecule has 1 aromatic heterocycles. The average molecular weight is 311 g/mol. The summed E-state index contributed by atoms with van der Waals surface area (Å²) in [5, 5.41) is 11.8. The number of aryl methyl sites for hydroxylation is 1. The maximum atomic E-state index is 12.1. The smallest absolute Gasteiger partial charge is 0.339 e. The van der Waals surface area contributed by atoms with E-state index in [1.165, 1.54) is 6.07 Å². The van der Waals surface area contributed by atoms with Gasteiger partial charge in [-0.3, -0.25) is 4.79 Å². The van der Waals surface area contributed by atoms with Crippen LogP contribution in [0.1, 0.15) is 46.9 Å². The number of carboxylic acids is 1. The van der Waals surface area contributed by atoms with Crippen LogP contribution in [0.5, 0.6) is 0 Å². The number of carbonyl (C=O) groups excluding carboxylic acids is 1. The van der Waals surface area contributed by atoms with Crippen LogP contribution in [0.15, 0.2) is 10.5 Å². The molecule has 1 saturated heterocycles. The summed E-state index contributed by atoms with van der Waals surface area (Å²) < 4.78 is 16.1. The van der Waals surface area contributed by atoms with Crippen LogP contribution in [0, 0.1) is 0 Å². The molecule has 2 atom stereocenters. The zero-order valence-electron chi connectivity index (χ0n) is 12.8. The first-order chi connectivity index (χ1) is 10.5. The largest absolute Gasteiger partial charge is 0.478 e. The van der Waals surface area contributed by atoms with E-state index in [1.807, 2.05) is 6.92 Å². The molecular formula is C15H21NO6. The highest BCUT2D eigenvalue weighted by Crippen LogP contribution is 2.16. The van der Waals surface area contributed by atoms with Gasteiger partial charge in [0.1, 0.15) is 11.3 Å². The van der Waals surface area contributed by atoms with Gasteiger partial charge in [0.05, 0.1) is 19.3 Å². The van der Waals surface area contributed by atoms with E-state index >= 15 is 0 Å². The zero-order chi connectivity index (χ0) is 16.1. The molecule has 0 saturated carbocycles. The summed E-state index contributed by atoms with van der Waals surface area (Å²) in [5.74, 6) is -1.24. The predicted octanol–water partition coefficient (Wildman–Crippen LogP) is 1.46. The Hall–Kier alpha value is -1.86. The van der Waals surface area contributed by atoms with Crippen molar-refractivity contribution in [3.8, 4) is 0 Å². The maximum Gasteiger partial charge on any atom is 0.339 e. The lowest BCUT2D eigenvalue weighted by molar-refractivity contribution is 0.0315. The molecule has 2 unspecified atom stereocenters. The SMILES string of the molecule is CCc1oc(C(=O)NC(C)COC2CCOC2)cc1C(=O)O. The van der Waals surface area contributed by atoms with Crippen molar-refractivity contribution in [2.24, 2.45) is 0 Å². The van der Waals surface area contributed by atoms with Gasteiger partial charge in [0.25, 0.3) is 5.91 Å².